The monoisotopic (exact) mass is 376 g/mol. The Balaban J connectivity index is 1.69. The molecule has 2 aromatic heterocycles. The van der Waals surface area contributed by atoms with Gasteiger partial charge in [-0.25, -0.2) is 9.78 Å². The largest absolute Gasteiger partial charge is 0.416 e. The summed E-state index contributed by atoms with van der Waals surface area (Å²) in [6, 6.07) is 6.84. The zero-order valence-electron chi connectivity index (χ0n) is 14.6. The number of pyridine rings is 1. The molecule has 27 heavy (non-hydrogen) atoms. The van der Waals surface area contributed by atoms with Gasteiger partial charge in [0.1, 0.15) is 0 Å². The third-order valence-electron chi connectivity index (χ3n) is 4.99. The fourth-order valence-corrected chi connectivity index (χ4v) is 3.54. The van der Waals surface area contributed by atoms with E-state index < -0.39 is 11.7 Å². The van der Waals surface area contributed by atoms with Crippen LogP contribution in [-0.2, 0) is 12.7 Å². The van der Waals surface area contributed by atoms with Crippen LogP contribution in [0, 0.1) is 0 Å². The number of H-pyrrole nitrogens is 1. The van der Waals surface area contributed by atoms with Gasteiger partial charge in [-0.2, -0.15) is 13.2 Å². The number of likely N-dealkylation sites (tertiary alicyclic amines) is 1. The average Bonchev–Trinajstić information content (AvgIpc) is 3.26. The van der Waals surface area contributed by atoms with Crippen molar-refractivity contribution >= 4 is 11.2 Å². The lowest BCUT2D eigenvalue weighted by atomic mass is 10.0. The smallest absolute Gasteiger partial charge is 0.302 e. The number of nitrogens with one attached hydrogen (secondary N) is 1. The number of aromatic nitrogens is 3. The number of aromatic amines is 1. The highest BCUT2D eigenvalue weighted by atomic mass is 19.4. The molecule has 0 unspecified atom stereocenters. The molecule has 0 aliphatic carbocycles. The molecule has 1 aromatic carbocycles. The van der Waals surface area contributed by atoms with Gasteiger partial charge in [-0.3, -0.25) is 9.55 Å². The van der Waals surface area contributed by atoms with Gasteiger partial charge in [0.25, 0.3) is 0 Å². The van der Waals surface area contributed by atoms with Gasteiger partial charge < -0.3 is 4.90 Å². The number of rotatable bonds is 4. The van der Waals surface area contributed by atoms with Crippen LogP contribution in [0.25, 0.3) is 22.3 Å². The van der Waals surface area contributed by atoms with Gasteiger partial charge in [-0.1, -0.05) is 12.1 Å². The number of hydrogen-bond acceptors (Lipinski definition) is 3. The van der Waals surface area contributed by atoms with E-state index >= 15 is 0 Å². The fourth-order valence-electron chi connectivity index (χ4n) is 3.54. The Morgan fingerprint density at radius 1 is 1.07 bits per heavy atom. The van der Waals surface area contributed by atoms with E-state index in [9.17, 15) is 18.0 Å². The number of imidazole rings is 1. The second kappa shape index (κ2) is 6.84. The number of benzene rings is 1. The van der Waals surface area contributed by atoms with Crippen molar-refractivity contribution in [1.82, 2.24) is 19.4 Å². The van der Waals surface area contributed by atoms with Crippen molar-refractivity contribution in [2.75, 3.05) is 19.6 Å². The predicted octanol–water partition coefficient (Wildman–Crippen LogP) is 3.51. The lowest BCUT2D eigenvalue weighted by Gasteiger charge is -2.14. The van der Waals surface area contributed by atoms with Crippen LogP contribution < -0.4 is 5.69 Å². The molecule has 1 fully saturated rings. The van der Waals surface area contributed by atoms with Crippen LogP contribution in [0.5, 0.6) is 0 Å². The molecule has 1 aliphatic heterocycles. The Labute approximate surface area is 153 Å². The quantitative estimate of drug-likeness (QED) is 0.758. The molecular weight excluding hydrogens is 357 g/mol. The normalized spacial score (nSPS) is 15.7. The Morgan fingerprint density at radius 2 is 1.85 bits per heavy atom. The third kappa shape index (κ3) is 3.62. The summed E-state index contributed by atoms with van der Waals surface area (Å²) < 4.78 is 40.6. The maximum Gasteiger partial charge on any atom is 0.416 e. The first-order valence-corrected chi connectivity index (χ1v) is 8.90. The van der Waals surface area contributed by atoms with Crippen molar-refractivity contribution in [1.29, 1.82) is 0 Å². The van der Waals surface area contributed by atoms with E-state index in [0.717, 1.165) is 31.8 Å². The van der Waals surface area contributed by atoms with Crippen LogP contribution in [0.2, 0.25) is 0 Å². The molecule has 0 saturated carbocycles. The zero-order chi connectivity index (χ0) is 19.0. The summed E-state index contributed by atoms with van der Waals surface area (Å²) in [4.78, 5) is 21.5. The van der Waals surface area contributed by atoms with Gasteiger partial charge in [0, 0.05) is 24.8 Å². The van der Waals surface area contributed by atoms with E-state index in [2.05, 4.69) is 14.9 Å². The number of nitrogens with zero attached hydrogens (tertiary/aromatic N) is 3. The topological polar surface area (TPSA) is 53.9 Å². The van der Waals surface area contributed by atoms with Crippen LogP contribution in [0.15, 0.2) is 41.3 Å². The van der Waals surface area contributed by atoms with E-state index in [4.69, 9.17) is 0 Å². The van der Waals surface area contributed by atoms with Crippen molar-refractivity contribution in [3.05, 3.63) is 52.6 Å². The van der Waals surface area contributed by atoms with E-state index in [-0.39, 0.29) is 5.69 Å². The summed E-state index contributed by atoms with van der Waals surface area (Å²) in [6.07, 6.45) is -0.577. The minimum absolute atomic E-state index is 0.252. The second-order valence-electron chi connectivity index (χ2n) is 6.80. The van der Waals surface area contributed by atoms with Gasteiger partial charge in [0.2, 0.25) is 0 Å². The number of alkyl halides is 3. The average molecular weight is 376 g/mol. The van der Waals surface area contributed by atoms with Crippen molar-refractivity contribution in [3.8, 4) is 11.1 Å². The maximum atomic E-state index is 13.0. The van der Waals surface area contributed by atoms with Gasteiger partial charge in [-0.05, 0) is 49.7 Å². The van der Waals surface area contributed by atoms with Gasteiger partial charge in [-0.15, -0.1) is 0 Å². The lowest BCUT2D eigenvalue weighted by molar-refractivity contribution is -0.137. The standard InChI is InChI=1S/C19H19F3N4O/c20-19(21,22)15-5-3-4-13(10-15)14-11-16-17(23-12-14)24-18(27)26(16)9-8-25-6-1-2-7-25/h3-5,10-12H,1-2,6-9H2,(H,23,24,27). The molecule has 3 heterocycles. The molecule has 0 radical (unpaired) electrons. The lowest BCUT2D eigenvalue weighted by Crippen LogP contribution is -2.28. The fraction of sp³-hybridized carbons (Fsp3) is 0.368. The summed E-state index contributed by atoms with van der Waals surface area (Å²) >= 11 is 0. The summed E-state index contributed by atoms with van der Waals surface area (Å²) in [5.41, 5.74) is 1.05. The molecule has 0 bridgehead atoms. The van der Waals surface area contributed by atoms with E-state index in [1.165, 1.54) is 25.1 Å². The summed E-state index contributed by atoms with van der Waals surface area (Å²) in [5.74, 6) is 0. The summed E-state index contributed by atoms with van der Waals surface area (Å²) in [6.45, 7) is 3.35. The van der Waals surface area contributed by atoms with Crippen LogP contribution in [0.3, 0.4) is 0 Å². The predicted molar refractivity (Wildman–Crippen MR) is 96.5 cm³/mol. The second-order valence-corrected chi connectivity index (χ2v) is 6.80. The minimum atomic E-state index is -4.40. The minimum Gasteiger partial charge on any atom is -0.302 e. The molecule has 1 N–H and O–H groups in total. The summed E-state index contributed by atoms with van der Waals surface area (Å²) in [5, 5.41) is 0. The highest BCUT2D eigenvalue weighted by Gasteiger charge is 2.30. The molecule has 1 saturated heterocycles. The molecule has 142 valence electrons. The highest BCUT2D eigenvalue weighted by Crippen LogP contribution is 2.32. The SMILES string of the molecule is O=c1[nH]c2ncc(-c3cccc(C(F)(F)F)c3)cc2n1CCN1CCCC1. The van der Waals surface area contributed by atoms with E-state index in [1.54, 1.807) is 16.7 Å². The molecule has 1 aliphatic rings. The van der Waals surface area contributed by atoms with Crippen LogP contribution in [-0.4, -0.2) is 39.1 Å². The first-order chi connectivity index (χ1) is 12.9. The molecule has 5 nitrogen and oxygen atoms in total. The Bertz CT molecular complexity index is 1020. The van der Waals surface area contributed by atoms with Gasteiger partial charge in [0.15, 0.2) is 5.65 Å². The zero-order valence-corrected chi connectivity index (χ0v) is 14.6. The third-order valence-corrected chi connectivity index (χ3v) is 4.99. The molecule has 0 amide bonds. The molecule has 3 aromatic rings. The van der Waals surface area contributed by atoms with Gasteiger partial charge in [0.05, 0.1) is 11.1 Å². The van der Waals surface area contributed by atoms with Crippen molar-refractivity contribution in [2.45, 2.75) is 25.6 Å². The van der Waals surface area contributed by atoms with Crippen molar-refractivity contribution < 1.29 is 13.2 Å². The van der Waals surface area contributed by atoms with Gasteiger partial charge >= 0.3 is 11.9 Å². The molecule has 0 atom stereocenters. The van der Waals surface area contributed by atoms with Crippen molar-refractivity contribution in [3.63, 3.8) is 0 Å². The number of halogens is 3. The Hall–Kier alpha value is -2.61. The maximum absolute atomic E-state index is 13.0. The molecule has 8 heteroatoms. The van der Waals surface area contributed by atoms with E-state index in [0.29, 0.717) is 28.8 Å². The number of fused-ring (bicyclic) bond motifs is 1. The van der Waals surface area contributed by atoms with Crippen LogP contribution in [0.4, 0.5) is 13.2 Å². The summed E-state index contributed by atoms with van der Waals surface area (Å²) in [7, 11) is 0. The van der Waals surface area contributed by atoms with Crippen LogP contribution in [0.1, 0.15) is 18.4 Å². The van der Waals surface area contributed by atoms with Crippen LogP contribution >= 0.6 is 0 Å². The molecule has 0 spiro atoms. The highest BCUT2D eigenvalue weighted by molar-refractivity contribution is 5.78. The Kier molecular flexibility index (Phi) is 4.51. The number of hydrogen-bond donors (Lipinski definition) is 1. The van der Waals surface area contributed by atoms with Crippen molar-refractivity contribution in [2.24, 2.45) is 0 Å². The Morgan fingerprint density at radius 3 is 2.59 bits per heavy atom. The van der Waals surface area contributed by atoms with E-state index in [1.807, 2.05) is 0 Å². The first kappa shape index (κ1) is 17.8. The first-order valence-electron chi connectivity index (χ1n) is 8.90. The molecule has 4 rings (SSSR count). The molecular formula is C19H19F3N4O.